The number of amides is 1. The minimum absolute atomic E-state index is 0.0482. The van der Waals surface area contributed by atoms with Crippen molar-refractivity contribution in [2.24, 2.45) is 0 Å². The first-order valence-electron chi connectivity index (χ1n) is 8.31. The van der Waals surface area contributed by atoms with E-state index in [1.807, 2.05) is 0 Å². The van der Waals surface area contributed by atoms with Crippen LogP contribution >= 0.6 is 0 Å². The zero-order valence-corrected chi connectivity index (χ0v) is 14.6. The highest BCUT2D eigenvalue weighted by Gasteiger charge is 2.31. The minimum Gasteiger partial charge on any atom is -0.406 e. The lowest BCUT2D eigenvalue weighted by Crippen LogP contribution is -2.17. The van der Waals surface area contributed by atoms with Crippen molar-refractivity contribution in [1.82, 2.24) is 19.4 Å². The Kier molecular flexibility index (Phi) is 4.59. The summed E-state index contributed by atoms with van der Waals surface area (Å²) in [7, 11) is 0. The molecule has 0 atom stereocenters. The Morgan fingerprint density at radius 1 is 1.07 bits per heavy atom. The van der Waals surface area contributed by atoms with E-state index in [-0.39, 0.29) is 17.1 Å². The molecule has 3 heterocycles. The van der Waals surface area contributed by atoms with Gasteiger partial charge >= 0.3 is 6.36 Å². The highest BCUT2D eigenvalue weighted by molar-refractivity contribution is 6.06. The van der Waals surface area contributed by atoms with Crippen LogP contribution in [-0.2, 0) is 0 Å². The number of rotatable bonds is 4. The Hall–Kier alpha value is -3.95. The normalized spacial score (nSPS) is 11.4. The zero-order chi connectivity index (χ0) is 20.4. The molecule has 4 rings (SSSR count). The van der Waals surface area contributed by atoms with Crippen molar-refractivity contribution in [2.75, 3.05) is 5.32 Å². The summed E-state index contributed by atoms with van der Waals surface area (Å²) in [5.74, 6) is -0.524. The second-order valence-corrected chi connectivity index (χ2v) is 5.88. The molecule has 0 aliphatic carbocycles. The highest BCUT2D eigenvalue weighted by Crippen LogP contribution is 2.28. The van der Waals surface area contributed by atoms with E-state index < -0.39 is 12.3 Å². The zero-order valence-electron chi connectivity index (χ0n) is 14.6. The quantitative estimate of drug-likeness (QED) is 0.562. The van der Waals surface area contributed by atoms with E-state index in [1.165, 1.54) is 30.6 Å². The molecule has 1 amide bonds. The van der Waals surface area contributed by atoms with E-state index in [4.69, 9.17) is 0 Å². The lowest BCUT2D eigenvalue weighted by molar-refractivity contribution is -0.274. The van der Waals surface area contributed by atoms with Gasteiger partial charge < -0.3 is 14.5 Å². The molecule has 0 bridgehead atoms. The molecule has 0 fully saturated rings. The molecule has 29 heavy (non-hydrogen) atoms. The Balaban J connectivity index is 1.68. The average molecular weight is 399 g/mol. The fourth-order valence-corrected chi connectivity index (χ4v) is 2.68. The molecule has 0 saturated carbocycles. The van der Waals surface area contributed by atoms with Crippen LogP contribution in [0.2, 0.25) is 0 Å². The lowest BCUT2D eigenvalue weighted by atomic mass is 10.1. The Bertz CT molecular complexity index is 1180. The monoisotopic (exact) mass is 399 g/mol. The largest absolute Gasteiger partial charge is 0.573 e. The van der Waals surface area contributed by atoms with Crippen molar-refractivity contribution < 1.29 is 22.7 Å². The number of carbonyl (C=O) groups excluding carboxylic acids is 1. The fourth-order valence-electron chi connectivity index (χ4n) is 2.68. The van der Waals surface area contributed by atoms with Crippen molar-refractivity contribution in [3.8, 4) is 17.0 Å². The maximum Gasteiger partial charge on any atom is 0.573 e. The van der Waals surface area contributed by atoms with Gasteiger partial charge in [0.25, 0.3) is 5.91 Å². The number of fused-ring (bicyclic) bond motifs is 1. The van der Waals surface area contributed by atoms with Crippen LogP contribution in [0.5, 0.6) is 5.75 Å². The third-order valence-corrected chi connectivity index (χ3v) is 3.86. The van der Waals surface area contributed by atoms with E-state index in [0.717, 1.165) is 0 Å². The van der Waals surface area contributed by atoms with Crippen molar-refractivity contribution >= 4 is 17.4 Å². The number of halogens is 3. The van der Waals surface area contributed by atoms with Crippen LogP contribution < -0.4 is 10.1 Å². The van der Waals surface area contributed by atoms with Crippen LogP contribution in [0.3, 0.4) is 0 Å². The summed E-state index contributed by atoms with van der Waals surface area (Å²) < 4.78 is 42.9. The van der Waals surface area contributed by atoms with E-state index in [0.29, 0.717) is 17.1 Å². The van der Waals surface area contributed by atoms with Gasteiger partial charge in [-0.3, -0.25) is 4.79 Å². The van der Waals surface area contributed by atoms with E-state index in [9.17, 15) is 18.0 Å². The SMILES string of the molecule is O=C(Nc1ccccn1)c1nccn2cc(-c3cccc(OC(F)(F)F)c3)nc12. The summed E-state index contributed by atoms with van der Waals surface area (Å²) in [6, 6.07) is 10.5. The molecule has 4 aromatic rings. The predicted octanol–water partition coefficient (Wildman–Crippen LogP) is 3.94. The fraction of sp³-hybridized carbons (Fsp3) is 0.0526. The van der Waals surface area contributed by atoms with Crippen LogP contribution in [0.15, 0.2) is 67.3 Å². The Morgan fingerprint density at radius 3 is 2.69 bits per heavy atom. The third-order valence-electron chi connectivity index (χ3n) is 3.86. The van der Waals surface area contributed by atoms with Crippen LogP contribution in [0.1, 0.15) is 10.5 Å². The Labute approximate surface area is 161 Å². The number of aromatic nitrogens is 4. The minimum atomic E-state index is -4.79. The predicted molar refractivity (Wildman–Crippen MR) is 97.3 cm³/mol. The van der Waals surface area contributed by atoms with E-state index in [1.54, 1.807) is 41.1 Å². The van der Waals surface area contributed by atoms with Crippen LogP contribution in [0, 0.1) is 0 Å². The number of alkyl halides is 3. The van der Waals surface area contributed by atoms with Gasteiger partial charge in [-0.25, -0.2) is 15.0 Å². The molecule has 0 aliphatic rings. The number of ether oxygens (including phenoxy) is 1. The average Bonchev–Trinajstić information content (AvgIpc) is 3.12. The molecule has 0 saturated heterocycles. The summed E-state index contributed by atoms with van der Waals surface area (Å²) in [6.07, 6.45) is 1.33. The summed E-state index contributed by atoms with van der Waals surface area (Å²) in [5, 5.41) is 2.62. The summed E-state index contributed by atoms with van der Waals surface area (Å²) in [4.78, 5) is 25.0. The van der Waals surface area contributed by atoms with Gasteiger partial charge in [0.15, 0.2) is 11.3 Å². The topological polar surface area (TPSA) is 81.4 Å². The van der Waals surface area contributed by atoms with Gasteiger partial charge in [0.1, 0.15) is 11.6 Å². The number of carbonyl (C=O) groups is 1. The number of anilines is 1. The number of hydrogen-bond donors (Lipinski definition) is 1. The molecular formula is C19H12F3N5O2. The van der Waals surface area contributed by atoms with Crippen LogP contribution in [-0.4, -0.2) is 31.6 Å². The lowest BCUT2D eigenvalue weighted by Gasteiger charge is -2.09. The maximum atomic E-state index is 12.6. The second-order valence-electron chi connectivity index (χ2n) is 5.88. The molecule has 3 aromatic heterocycles. The molecule has 1 aromatic carbocycles. The molecule has 146 valence electrons. The van der Waals surface area contributed by atoms with Crippen molar-refractivity contribution in [3.05, 3.63) is 72.9 Å². The maximum absolute atomic E-state index is 12.6. The van der Waals surface area contributed by atoms with Gasteiger partial charge in [0.2, 0.25) is 0 Å². The molecule has 0 aliphatic heterocycles. The summed E-state index contributed by atoms with van der Waals surface area (Å²) in [5.41, 5.74) is 1.05. The molecule has 10 heteroatoms. The van der Waals surface area contributed by atoms with Crippen LogP contribution in [0.25, 0.3) is 16.9 Å². The smallest absolute Gasteiger partial charge is 0.406 e. The number of nitrogens with zero attached hydrogens (tertiary/aromatic N) is 4. The second kappa shape index (κ2) is 7.23. The van der Waals surface area contributed by atoms with Crippen molar-refractivity contribution in [2.45, 2.75) is 6.36 Å². The standard InChI is InChI=1S/C19H12F3N5O2/c20-19(21,22)29-13-5-3-4-12(10-13)14-11-27-9-8-24-16(17(27)25-14)18(28)26-15-6-1-2-7-23-15/h1-11H,(H,23,26,28). The summed E-state index contributed by atoms with van der Waals surface area (Å²) in [6.45, 7) is 0. The van der Waals surface area contributed by atoms with Gasteiger partial charge in [-0.2, -0.15) is 0 Å². The van der Waals surface area contributed by atoms with Gasteiger partial charge in [0, 0.05) is 30.4 Å². The van der Waals surface area contributed by atoms with E-state index in [2.05, 4.69) is 25.0 Å². The third kappa shape index (κ3) is 4.15. The first-order valence-corrected chi connectivity index (χ1v) is 8.31. The van der Waals surface area contributed by atoms with Gasteiger partial charge in [-0.15, -0.1) is 13.2 Å². The van der Waals surface area contributed by atoms with Gasteiger partial charge in [-0.1, -0.05) is 18.2 Å². The van der Waals surface area contributed by atoms with Crippen molar-refractivity contribution in [3.63, 3.8) is 0 Å². The molecule has 1 N–H and O–H groups in total. The van der Waals surface area contributed by atoms with Gasteiger partial charge in [0.05, 0.1) is 5.69 Å². The number of nitrogens with one attached hydrogen (secondary N) is 1. The van der Waals surface area contributed by atoms with E-state index >= 15 is 0 Å². The Morgan fingerprint density at radius 2 is 1.93 bits per heavy atom. The first kappa shape index (κ1) is 18.4. The summed E-state index contributed by atoms with van der Waals surface area (Å²) >= 11 is 0. The molecule has 0 unspecified atom stereocenters. The number of imidazole rings is 1. The molecule has 0 spiro atoms. The van der Waals surface area contributed by atoms with Gasteiger partial charge in [-0.05, 0) is 24.3 Å². The molecular weight excluding hydrogens is 387 g/mol. The number of hydrogen-bond acceptors (Lipinski definition) is 5. The molecule has 0 radical (unpaired) electrons. The van der Waals surface area contributed by atoms with Crippen LogP contribution in [0.4, 0.5) is 19.0 Å². The van der Waals surface area contributed by atoms with Crippen molar-refractivity contribution in [1.29, 1.82) is 0 Å². The number of pyridine rings is 1. The number of benzene rings is 1. The molecule has 7 nitrogen and oxygen atoms in total. The first-order chi connectivity index (χ1) is 13.9. The highest BCUT2D eigenvalue weighted by atomic mass is 19.4.